The minimum atomic E-state index is 0.0792. The number of benzene rings is 2. The van der Waals surface area contributed by atoms with Gasteiger partial charge in [0.25, 0.3) is 0 Å². The van der Waals surface area contributed by atoms with E-state index in [4.69, 9.17) is 12.2 Å². The number of allylic oxidation sites excluding steroid dienone is 1. The molecule has 3 aromatic rings. The summed E-state index contributed by atoms with van der Waals surface area (Å²) in [6.07, 6.45) is 3.64. The largest absolute Gasteiger partial charge is 0.493 e. The number of halogens is 1. The Morgan fingerprint density at radius 2 is 1.96 bits per heavy atom. The molecule has 118 valence electrons. The molecule has 6 heteroatoms. The van der Waals surface area contributed by atoms with Gasteiger partial charge < -0.3 is 10.1 Å². The molecule has 0 radical (unpaired) electrons. The zero-order chi connectivity index (χ0) is 16.7. The van der Waals surface area contributed by atoms with Crippen LogP contribution < -0.4 is 0 Å². The van der Waals surface area contributed by atoms with Crippen LogP contribution in [0.25, 0.3) is 17.3 Å². The van der Waals surface area contributed by atoms with E-state index < -0.39 is 0 Å². The molecule has 0 fully saturated rings. The summed E-state index contributed by atoms with van der Waals surface area (Å²) in [7, 11) is 0. The van der Waals surface area contributed by atoms with Crippen LogP contribution in [-0.2, 0) is 0 Å². The summed E-state index contributed by atoms with van der Waals surface area (Å²) in [5.41, 5.74) is 4.20. The molecule has 0 saturated heterocycles. The zero-order valence-electron chi connectivity index (χ0n) is 12.4. The first kappa shape index (κ1) is 15.1. The molecule has 0 amide bonds. The SMILES string of the molecule is Oc1c(C=C2C=Nc3ccc(Br)cc32)[nH]c(=S)n1-c1ccccc1. The van der Waals surface area contributed by atoms with Crippen LogP contribution >= 0.6 is 28.1 Å². The van der Waals surface area contributed by atoms with Crippen molar-refractivity contribution >= 4 is 51.7 Å². The molecule has 4 rings (SSSR count). The number of nitrogens with one attached hydrogen (secondary N) is 1. The normalized spacial score (nSPS) is 14.3. The lowest BCUT2D eigenvalue weighted by Gasteiger charge is -2.04. The Bertz CT molecular complexity index is 1050. The predicted molar refractivity (Wildman–Crippen MR) is 103 cm³/mol. The molecule has 1 aromatic heterocycles. The van der Waals surface area contributed by atoms with Crippen molar-refractivity contribution in [3.63, 3.8) is 0 Å². The number of H-pyrrole nitrogens is 1. The van der Waals surface area contributed by atoms with Gasteiger partial charge >= 0.3 is 0 Å². The Hall–Kier alpha value is -2.44. The summed E-state index contributed by atoms with van der Waals surface area (Å²) in [5, 5.41) is 10.6. The molecular formula is C18H12BrN3OS. The molecule has 0 aliphatic carbocycles. The van der Waals surface area contributed by atoms with Crippen molar-refractivity contribution in [1.82, 2.24) is 9.55 Å². The van der Waals surface area contributed by atoms with Gasteiger partial charge in [0, 0.05) is 21.8 Å². The average molecular weight is 398 g/mol. The van der Waals surface area contributed by atoms with Crippen LogP contribution in [0.2, 0.25) is 0 Å². The van der Waals surface area contributed by atoms with E-state index in [2.05, 4.69) is 25.9 Å². The first-order chi connectivity index (χ1) is 11.6. The number of aromatic amines is 1. The standard InChI is InChI=1S/C18H12BrN3OS/c19-12-6-7-15-14(9-12)11(10-20-15)8-16-17(23)22(18(24)21-16)13-4-2-1-3-5-13/h1-10,23H,(H,21,24). The highest BCUT2D eigenvalue weighted by Gasteiger charge is 2.16. The van der Waals surface area contributed by atoms with Crippen LogP contribution in [0.15, 0.2) is 58.0 Å². The minimum Gasteiger partial charge on any atom is -0.493 e. The van der Waals surface area contributed by atoms with Gasteiger partial charge in [-0.05, 0) is 48.6 Å². The van der Waals surface area contributed by atoms with Gasteiger partial charge in [-0.2, -0.15) is 0 Å². The minimum absolute atomic E-state index is 0.0792. The van der Waals surface area contributed by atoms with Gasteiger partial charge in [0.2, 0.25) is 5.88 Å². The van der Waals surface area contributed by atoms with E-state index in [1.807, 2.05) is 54.6 Å². The fourth-order valence-corrected chi connectivity index (χ4v) is 3.36. The monoisotopic (exact) mass is 397 g/mol. The van der Waals surface area contributed by atoms with Crippen LogP contribution in [0.3, 0.4) is 0 Å². The lowest BCUT2D eigenvalue weighted by atomic mass is 10.1. The lowest BCUT2D eigenvalue weighted by molar-refractivity contribution is 0.441. The number of hydrogen-bond donors (Lipinski definition) is 2. The number of nitrogens with zero attached hydrogens (tertiary/aromatic N) is 2. The number of aromatic hydroxyl groups is 1. The van der Waals surface area contributed by atoms with E-state index in [1.54, 1.807) is 10.8 Å². The highest BCUT2D eigenvalue weighted by atomic mass is 79.9. The first-order valence-corrected chi connectivity index (χ1v) is 8.49. The molecule has 0 bridgehead atoms. The van der Waals surface area contributed by atoms with Crippen molar-refractivity contribution in [2.45, 2.75) is 0 Å². The van der Waals surface area contributed by atoms with Gasteiger partial charge in [0.05, 0.1) is 11.4 Å². The summed E-state index contributed by atoms with van der Waals surface area (Å²) in [5.74, 6) is 0.0792. The van der Waals surface area contributed by atoms with E-state index in [1.165, 1.54) is 0 Å². The van der Waals surface area contributed by atoms with Crippen molar-refractivity contribution in [2.24, 2.45) is 4.99 Å². The van der Waals surface area contributed by atoms with Crippen LogP contribution in [0, 0.1) is 4.77 Å². The summed E-state index contributed by atoms with van der Waals surface area (Å²) in [4.78, 5) is 7.45. The lowest BCUT2D eigenvalue weighted by Crippen LogP contribution is -1.92. The Kier molecular flexibility index (Phi) is 3.70. The molecular weight excluding hydrogens is 386 g/mol. The number of aromatic nitrogens is 2. The van der Waals surface area contributed by atoms with Crippen molar-refractivity contribution in [3.05, 3.63) is 69.0 Å². The van der Waals surface area contributed by atoms with Crippen LogP contribution in [-0.4, -0.2) is 20.9 Å². The maximum Gasteiger partial charge on any atom is 0.222 e. The number of fused-ring (bicyclic) bond motifs is 1. The summed E-state index contributed by atoms with van der Waals surface area (Å²) in [6, 6.07) is 15.4. The van der Waals surface area contributed by atoms with Gasteiger partial charge in [0.15, 0.2) is 4.77 Å². The van der Waals surface area contributed by atoms with Gasteiger partial charge in [0.1, 0.15) is 5.69 Å². The summed E-state index contributed by atoms with van der Waals surface area (Å²) < 4.78 is 3.03. The van der Waals surface area contributed by atoms with Crippen molar-refractivity contribution in [2.75, 3.05) is 0 Å². The quantitative estimate of drug-likeness (QED) is 0.579. The topological polar surface area (TPSA) is 53.3 Å². The molecule has 0 saturated carbocycles. The van der Waals surface area contributed by atoms with Gasteiger partial charge in [-0.1, -0.05) is 34.1 Å². The van der Waals surface area contributed by atoms with Crippen molar-refractivity contribution in [1.29, 1.82) is 0 Å². The second kappa shape index (κ2) is 5.89. The van der Waals surface area contributed by atoms with Crippen LogP contribution in [0.4, 0.5) is 5.69 Å². The second-order valence-electron chi connectivity index (χ2n) is 5.36. The van der Waals surface area contributed by atoms with E-state index in [0.717, 1.165) is 27.0 Å². The van der Waals surface area contributed by atoms with Crippen molar-refractivity contribution in [3.8, 4) is 11.6 Å². The Labute approximate surface area is 151 Å². The van der Waals surface area contributed by atoms with Gasteiger partial charge in [-0.25, -0.2) is 0 Å². The van der Waals surface area contributed by atoms with Gasteiger partial charge in [-0.3, -0.25) is 9.56 Å². The molecule has 0 atom stereocenters. The fraction of sp³-hybridized carbons (Fsp3) is 0. The number of aliphatic imine (C=N–C) groups is 1. The van der Waals surface area contributed by atoms with E-state index >= 15 is 0 Å². The molecule has 0 spiro atoms. The number of para-hydroxylation sites is 1. The molecule has 2 N–H and O–H groups in total. The number of imidazole rings is 1. The maximum absolute atomic E-state index is 10.6. The molecule has 4 nitrogen and oxygen atoms in total. The van der Waals surface area contributed by atoms with E-state index in [-0.39, 0.29) is 5.88 Å². The first-order valence-electron chi connectivity index (χ1n) is 7.28. The number of rotatable bonds is 2. The Morgan fingerprint density at radius 3 is 2.75 bits per heavy atom. The molecule has 1 aliphatic rings. The molecule has 1 aliphatic heterocycles. The summed E-state index contributed by atoms with van der Waals surface area (Å²) >= 11 is 8.84. The molecule has 0 unspecified atom stereocenters. The zero-order valence-corrected chi connectivity index (χ0v) is 14.8. The average Bonchev–Trinajstić information content (AvgIpc) is 3.09. The van der Waals surface area contributed by atoms with Crippen molar-refractivity contribution < 1.29 is 5.11 Å². The highest BCUT2D eigenvalue weighted by molar-refractivity contribution is 9.10. The predicted octanol–water partition coefficient (Wildman–Crippen LogP) is 5.26. The third-order valence-corrected chi connectivity index (χ3v) is 4.60. The molecule has 2 aromatic carbocycles. The smallest absolute Gasteiger partial charge is 0.222 e. The Balaban J connectivity index is 1.83. The van der Waals surface area contributed by atoms with Crippen LogP contribution in [0.1, 0.15) is 11.3 Å². The highest BCUT2D eigenvalue weighted by Crippen LogP contribution is 2.35. The Morgan fingerprint density at radius 1 is 1.17 bits per heavy atom. The van der Waals surface area contributed by atoms with E-state index in [0.29, 0.717) is 10.5 Å². The van der Waals surface area contributed by atoms with E-state index in [9.17, 15) is 5.11 Å². The van der Waals surface area contributed by atoms with Crippen LogP contribution in [0.5, 0.6) is 5.88 Å². The van der Waals surface area contributed by atoms with Gasteiger partial charge in [-0.15, -0.1) is 0 Å². The fourth-order valence-electron chi connectivity index (χ4n) is 2.69. The molecule has 2 heterocycles. The maximum atomic E-state index is 10.6. The second-order valence-corrected chi connectivity index (χ2v) is 6.66. The molecule has 24 heavy (non-hydrogen) atoms. The third-order valence-electron chi connectivity index (χ3n) is 3.82. The third kappa shape index (κ3) is 2.53. The summed E-state index contributed by atoms with van der Waals surface area (Å²) in [6.45, 7) is 0. The number of hydrogen-bond acceptors (Lipinski definition) is 3.